The van der Waals surface area contributed by atoms with Gasteiger partial charge >= 0.3 is 0 Å². The van der Waals surface area contributed by atoms with Gasteiger partial charge in [-0.15, -0.1) is 0 Å². The van der Waals surface area contributed by atoms with E-state index < -0.39 is 5.82 Å². The van der Waals surface area contributed by atoms with E-state index >= 15 is 0 Å². The molecule has 0 aliphatic rings. The summed E-state index contributed by atoms with van der Waals surface area (Å²) in [7, 11) is 0. The van der Waals surface area contributed by atoms with Crippen LogP contribution in [0.2, 0.25) is 0 Å². The van der Waals surface area contributed by atoms with Crippen molar-refractivity contribution in [2.24, 2.45) is 5.92 Å². The molecule has 0 fully saturated rings. The molecule has 1 atom stereocenters. The van der Waals surface area contributed by atoms with E-state index in [2.05, 4.69) is 0 Å². The topological polar surface area (TPSA) is 40.9 Å². The maximum Gasteiger partial charge on any atom is 0.167 e. The molecule has 0 unspecified atom stereocenters. The summed E-state index contributed by atoms with van der Waals surface area (Å²) < 4.78 is 13.1. The molecule has 0 aliphatic carbocycles. The molecule has 0 amide bonds. The zero-order valence-electron chi connectivity index (χ0n) is 7.83. The van der Waals surface area contributed by atoms with Crippen molar-refractivity contribution in [1.29, 1.82) is 5.26 Å². The van der Waals surface area contributed by atoms with Crippen LogP contribution in [0.25, 0.3) is 0 Å². The number of benzene rings is 1. The SMILES string of the molecule is C[C@@H](C#N)CC(=O)c1ccccc1F. The van der Waals surface area contributed by atoms with Gasteiger partial charge in [-0.05, 0) is 19.1 Å². The molecule has 1 rings (SSSR count). The monoisotopic (exact) mass is 191 g/mol. The fraction of sp³-hybridized carbons (Fsp3) is 0.273. The van der Waals surface area contributed by atoms with Crippen LogP contribution >= 0.6 is 0 Å². The zero-order chi connectivity index (χ0) is 10.6. The number of carbonyl (C=O) groups is 1. The lowest BCUT2D eigenvalue weighted by Crippen LogP contribution is -2.06. The molecule has 1 aromatic rings. The predicted octanol–water partition coefficient (Wildman–Crippen LogP) is 2.56. The summed E-state index contributed by atoms with van der Waals surface area (Å²) in [4.78, 5) is 11.4. The number of hydrogen-bond acceptors (Lipinski definition) is 2. The van der Waals surface area contributed by atoms with Gasteiger partial charge in [-0.3, -0.25) is 4.79 Å². The zero-order valence-corrected chi connectivity index (χ0v) is 7.83. The lowest BCUT2D eigenvalue weighted by Gasteiger charge is -2.02. The van der Waals surface area contributed by atoms with Crippen LogP contribution < -0.4 is 0 Å². The average molecular weight is 191 g/mol. The van der Waals surface area contributed by atoms with Crippen molar-refractivity contribution in [1.82, 2.24) is 0 Å². The highest BCUT2D eigenvalue weighted by Gasteiger charge is 2.13. The van der Waals surface area contributed by atoms with Gasteiger partial charge in [-0.1, -0.05) is 12.1 Å². The highest BCUT2D eigenvalue weighted by molar-refractivity contribution is 5.96. The van der Waals surface area contributed by atoms with Crippen LogP contribution in [0.3, 0.4) is 0 Å². The van der Waals surface area contributed by atoms with Crippen molar-refractivity contribution < 1.29 is 9.18 Å². The van der Waals surface area contributed by atoms with E-state index in [0.717, 1.165) is 0 Å². The Kier molecular flexibility index (Phi) is 3.35. The van der Waals surface area contributed by atoms with Gasteiger partial charge in [0.15, 0.2) is 5.78 Å². The summed E-state index contributed by atoms with van der Waals surface area (Å²) in [5, 5.41) is 8.50. The van der Waals surface area contributed by atoms with Crippen LogP contribution in [0.5, 0.6) is 0 Å². The summed E-state index contributed by atoms with van der Waals surface area (Å²) in [6, 6.07) is 7.75. The molecule has 0 bridgehead atoms. The highest BCUT2D eigenvalue weighted by atomic mass is 19.1. The van der Waals surface area contributed by atoms with E-state index in [-0.39, 0.29) is 23.7 Å². The van der Waals surface area contributed by atoms with Crippen LogP contribution in [-0.2, 0) is 0 Å². The Labute approximate surface area is 82.0 Å². The summed E-state index contributed by atoms with van der Waals surface area (Å²) in [5.41, 5.74) is 0.0644. The van der Waals surface area contributed by atoms with Crippen molar-refractivity contribution in [3.8, 4) is 6.07 Å². The molecule has 0 aromatic heterocycles. The molecule has 72 valence electrons. The Morgan fingerprint density at radius 2 is 2.21 bits per heavy atom. The van der Waals surface area contributed by atoms with Crippen molar-refractivity contribution in [2.45, 2.75) is 13.3 Å². The number of rotatable bonds is 3. The van der Waals surface area contributed by atoms with E-state index in [1.165, 1.54) is 18.2 Å². The number of nitrogens with zero attached hydrogens (tertiary/aromatic N) is 1. The normalized spacial score (nSPS) is 11.8. The van der Waals surface area contributed by atoms with Crippen molar-refractivity contribution in [2.75, 3.05) is 0 Å². The van der Waals surface area contributed by atoms with E-state index in [1.807, 2.05) is 6.07 Å². The first kappa shape index (κ1) is 10.4. The smallest absolute Gasteiger partial charge is 0.167 e. The highest BCUT2D eigenvalue weighted by Crippen LogP contribution is 2.12. The van der Waals surface area contributed by atoms with Gasteiger partial charge in [-0.25, -0.2) is 4.39 Å². The molecular weight excluding hydrogens is 181 g/mol. The first-order valence-electron chi connectivity index (χ1n) is 4.32. The summed E-state index contributed by atoms with van der Waals surface area (Å²) >= 11 is 0. The summed E-state index contributed by atoms with van der Waals surface area (Å²) in [6.45, 7) is 1.64. The minimum atomic E-state index is -0.525. The van der Waals surface area contributed by atoms with Crippen LogP contribution in [0.1, 0.15) is 23.7 Å². The Balaban J connectivity index is 2.81. The second-order valence-corrected chi connectivity index (χ2v) is 3.14. The molecule has 0 aliphatic heterocycles. The van der Waals surface area contributed by atoms with Gasteiger partial charge in [0.25, 0.3) is 0 Å². The molecule has 2 nitrogen and oxygen atoms in total. The third-order valence-corrected chi connectivity index (χ3v) is 1.89. The first-order chi connectivity index (χ1) is 6.65. The number of Topliss-reactive ketones (excluding diaryl/α,β-unsaturated/α-hetero) is 1. The number of hydrogen-bond donors (Lipinski definition) is 0. The van der Waals surface area contributed by atoms with E-state index in [0.29, 0.717) is 0 Å². The average Bonchev–Trinajstić information content (AvgIpc) is 2.18. The quantitative estimate of drug-likeness (QED) is 0.689. The number of ketones is 1. The number of carbonyl (C=O) groups excluding carboxylic acids is 1. The fourth-order valence-corrected chi connectivity index (χ4v) is 1.12. The van der Waals surface area contributed by atoms with Gasteiger partial charge in [-0.2, -0.15) is 5.26 Å². The third kappa shape index (κ3) is 2.40. The standard InChI is InChI=1S/C11H10FNO/c1-8(7-13)6-11(14)9-4-2-3-5-10(9)12/h2-5,8H,6H2,1H3/t8-/m1/s1. The molecule has 0 saturated carbocycles. The molecule has 0 N–H and O–H groups in total. The predicted molar refractivity (Wildman–Crippen MR) is 50.1 cm³/mol. The second-order valence-electron chi connectivity index (χ2n) is 3.14. The van der Waals surface area contributed by atoms with E-state index in [4.69, 9.17) is 5.26 Å². The van der Waals surface area contributed by atoms with Crippen molar-refractivity contribution >= 4 is 5.78 Å². The van der Waals surface area contributed by atoms with Crippen molar-refractivity contribution in [3.05, 3.63) is 35.6 Å². The lowest BCUT2D eigenvalue weighted by atomic mass is 10.0. The molecule has 3 heteroatoms. The van der Waals surface area contributed by atoms with Gasteiger partial charge in [0.05, 0.1) is 17.6 Å². The third-order valence-electron chi connectivity index (χ3n) is 1.89. The Morgan fingerprint density at radius 3 is 2.79 bits per heavy atom. The van der Waals surface area contributed by atoms with Gasteiger partial charge in [0.2, 0.25) is 0 Å². The van der Waals surface area contributed by atoms with E-state index in [9.17, 15) is 9.18 Å². The molecular formula is C11H10FNO. The minimum absolute atomic E-state index is 0.0644. The Morgan fingerprint density at radius 1 is 1.57 bits per heavy atom. The number of nitriles is 1. The molecule has 1 aromatic carbocycles. The Hall–Kier alpha value is -1.69. The molecule has 0 heterocycles. The Bertz CT molecular complexity index is 381. The first-order valence-corrected chi connectivity index (χ1v) is 4.32. The molecule has 0 saturated heterocycles. The van der Waals surface area contributed by atoms with Crippen LogP contribution in [0.15, 0.2) is 24.3 Å². The van der Waals surface area contributed by atoms with Gasteiger partial charge in [0, 0.05) is 6.42 Å². The maximum absolute atomic E-state index is 13.1. The minimum Gasteiger partial charge on any atom is -0.294 e. The van der Waals surface area contributed by atoms with E-state index in [1.54, 1.807) is 13.0 Å². The van der Waals surface area contributed by atoms with Crippen LogP contribution in [0, 0.1) is 23.1 Å². The van der Waals surface area contributed by atoms with Crippen molar-refractivity contribution in [3.63, 3.8) is 0 Å². The largest absolute Gasteiger partial charge is 0.294 e. The second kappa shape index (κ2) is 4.52. The molecule has 0 spiro atoms. The van der Waals surface area contributed by atoms with Gasteiger partial charge in [0.1, 0.15) is 5.82 Å². The summed E-state index contributed by atoms with van der Waals surface area (Å²) in [5.74, 6) is -1.22. The fourth-order valence-electron chi connectivity index (χ4n) is 1.12. The summed E-state index contributed by atoms with van der Waals surface area (Å²) in [6.07, 6.45) is 0.0669. The van der Waals surface area contributed by atoms with Crippen LogP contribution in [0.4, 0.5) is 4.39 Å². The lowest BCUT2D eigenvalue weighted by molar-refractivity contribution is 0.0969. The molecule has 14 heavy (non-hydrogen) atoms. The maximum atomic E-state index is 13.1. The van der Waals surface area contributed by atoms with Crippen LogP contribution in [-0.4, -0.2) is 5.78 Å². The molecule has 0 radical (unpaired) electrons. The number of halogens is 1. The van der Waals surface area contributed by atoms with Gasteiger partial charge < -0.3 is 0 Å².